The maximum Gasteiger partial charge on any atom is 0.159 e. The van der Waals surface area contributed by atoms with Gasteiger partial charge in [0.15, 0.2) is 6.10 Å². The summed E-state index contributed by atoms with van der Waals surface area (Å²) in [5.41, 5.74) is 0. The molecule has 0 aromatic carbocycles. The first kappa shape index (κ1) is 63.6. The average molecular weight is 933 g/mol. The van der Waals surface area contributed by atoms with Crippen LogP contribution in [0.15, 0.2) is 73.5 Å². The Kier molecular flexibility index (Phi) is 48.6. The van der Waals surface area contributed by atoms with Crippen LogP contribution in [-0.4, -0.2) is 52.9 Å². The summed E-state index contributed by atoms with van der Waals surface area (Å²) in [7, 11) is 0. The summed E-state index contributed by atoms with van der Waals surface area (Å²) in [5.74, 6) is 1.66. The van der Waals surface area contributed by atoms with Gasteiger partial charge in [-0.2, -0.15) is 14.7 Å². The second-order valence-corrected chi connectivity index (χ2v) is 18.6. The molecular weight excluding hydrogens is 829 g/mol. The molecule has 0 aliphatic rings. The van der Waals surface area contributed by atoms with Crippen LogP contribution in [-0.2, 0) is 29.3 Å². The van der Waals surface area contributed by atoms with Gasteiger partial charge in [0.05, 0.1) is 18.3 Å². The second kappa shape index (κ2) is 50.5. The predicted octanol–water partition coefficient (Wildman–Crippen LogP) is 16.6. The molecule has 3 atom stereocenters. The Morgan fingerprint density at radius 1 is 0.379 bits per heavy atom. The lowest BCUT2D eigenvalue weighted by molar-refractivity contribution is -0.369. The first-order chi connectivity index (χ1) is 32.2. The largest absolute Gasteiger partial charge is 0.393 e. The summed E-state index contributed by atoms with van der Waals surface area (Å²) in [5, 5.41) is 30.4. The van der Waals surface area contributed by atoms with Gasteiger partial charge in [-0.3, -0.25) is 0 Å². The van der Waals surface area contributed by atoms with E-state index in [1.165, 1.54) is 57.8 Å². The predicted molar refractivity (Wildman–Crippen MR) is 276 cm³/mol. The summed E-state index contributed by atoms with van der Waals surface area (Å²) in [4.78, 5) is 33.3. The molecule has 9 nitrogen and oxygen atoms in total. The molecule has 3 unspecified atom stereocenters. The quantitative estimate of drug-likeness (QED) is 0.0180. The topological polar surface area (TPSA) is 116 Å². The molecule has 0 radical (unpaired) electrons. The van der Waals surface area contributed by atoms with Crippen molar-refractivity contribution < 1.29 is 44.6 Å². The maximum atomic E-state index is 10.1. The van der Waals surface area contributed by atoms with E-state index in [0.29, 0.717) is 36.5 Å². The molecule has 0 spiro atoms. The van der Waals surface area contributed by atoms with Crippen molar-refractivity contribution in [3.63, 3.8) is 0 Å². The minimum Gasteiger partial charge on any atom is -0.393 e. The number of allylic oxidation sites excluding steroid dienone is 6. The second-order valence-electron chi connectivity index (χ2n) is 18.6. The molecule has 0 heterocycles. The van der Waals surface area contributed by atoms with Crippen molar-refractivity contribution in [2.24, 2.45) is 0 Å². The summed E-state index contributed by atoms with van der Waals surface area (Å²) >= 11 is 0. The minimum absolute atomic E-state index is 0.0394. The van der Waals surface area contributed by atoms with E-state index in [2.05, 4.69) is 77.0 Å². The van der Waals surface area contributed by atoms with Crippen LogP contribution in [0, 0.1) is 0 Å². The summed E-state index contributed by atoms with van der Waals surface area (Å²) < 4.78 is 0. The van der Waals surface area contributed by atoms with Crippen molar-refractivity contribution in [2.75, 3.05) is 13.2 Å². The molecule has 0 aromatic heterocycles. The van der Waals surface area contributed by atoms with Gasteiger partial charge in [0.1, 0.15) is 30.5 Å². The van der Waals surface area contributed by atoms with E-state index in [4.69, 9.17) is 29.3 Å². The molecule has 386 valence electrons. The van der Waals surface area contributed by atoms with Crippen molar-refractivity contribution in [1.29, 1.82) is 0 Å². The Bertz CT molecular complexity index is 1110. The number of aliphatic hydroxyl groups excluding tert-OH is 3. The van der Waals surface area contributed by atoms with Gasteiger partial charge in [0, 0.05) is 19.3 Å². The Labute approximate surface area is 406 Å². The molecule has 0 saturated carbocycles. The fourth-order valence-corrected chi connectivity index (χ4v) is 7.45. The number of hydrogen-bond donors (Lipinski definition) is 3. The van der Waals surface area contributed by atoms with Gasteiger partial charge in [0.25, 0.3) is 0 Å². The van der Waals surface area contributed by atoms with E-state index in [1.807, 2.05) is 0 Å². The molecule has 0 amide bonds. The smallest absolute Gasteiger partial charge is 0.159 e. The zero-order chi connectivity index (χ0) is 48.4. The Morgan fingerprint density at radius 2 is 0.682 bits per heavy atom. The molecule has 0 aliphatic heterocycles. The van der Waals surface area contributed by atoms with Crippen LogP contribution >= 0.6 is 0 Å². The standard InChI is InChI=1S/C57H104O9/c1-7-10-13-34-43-54(58)46-37-28-22-16-19-25-31-40-51(4)63-61-49-57(66-65-53(6)42-33-27-21-18-24-30-39-48-56(60)45-36-15-12-9-3)50-62-64-52(5)41-32-26-20-17-23-29-38-47-55(59)44-35-14-11-8-2/h28-30,37-39,54-60H,4-27,31-36,40-50H2,1-3H3. The fourth-order valence-electron chi connectivity index (χ4n) is 7.45. The Hall–Kier alpha value is -2.40. The molecule has 9 heteroatoms. The molecule has 0 bridgehead atoms. The molecule has 0 aromatic rings. The van der Waals surface area contributed by atoms with E-state index in [9.17, 15) is 15.3 Å². The van der Waals surface area contributed by atoms with Crippen LogP contribution in [0.25, 0.3) is 0 Å². The summed E-state index contributed by atoms with van der Waals surface area (Å²) in [6.07, 6.45) is 49.1. The molecule has 3 N–H and O–H groups in total. The van der Waals surface area contributed by atoms with Gasteiger partial charge in [-0.15, -0.1) is 0 Å². The van der Waals surface area contributed by atoms with Crippen molar-refractivity contribution in [2.45, 2.75) is 276 Å². The van der Waals surface area contributed by atoms with E-state index in [1.54, 1.807) is 0 Å². The van der Waals surface area contributed by atoms with Gasteiger partial charge >= 0.3 is 0 Å². The lowest BCUT2D eigenvalue weighted by Gasteiger charge is -2.18. The van der Waals surface area contributed by atoms with Crippen LogP contribution in [0.5, 0.6) is 0 Å². The maximum absolute atomic E-state index is 10.1. The first-order valence-electron chi connectivity index (χ1n) is 27.2. The van der Waals surface area contributed by atoms with Gasteiger partial charge < -0.3 is 30.0 Å². The Morgan fingerprint density at radius 3 is 1.02 bits per heavy atom. The van der Waals surface area contributed by atoms with Crippen LogP contribution in [0.1, 0.15) is 252 Å². The van der Waals surface area contributed by atoms with Crippen molar-refractivity contribution in [3.8, 4) is 0 Å². The zero-order valence-corrected chi connectivity index (χ0v) is 43.1. The Balaban J connectivity index is 4.49. The van der Waals surface area contributed by atoms with Gasteiger partial charge in [-0.1, -0.05) is 193 Å². The van der Waals surface area contributed by atoms with E-state index in [0.717, 1.165) is 154 Å². The highest BCUT2D eigenvalue weighted by atomic mass is 17.2. The zero-order valence-electron chi connectivity index (χ0n) is 43.1. The van der Waals surface area contributed by atoms with E-state index in [-0.39, 0.29) is 31.5 Å². The lowest BCUT2D eigenvalue weighted by atomic mass is 10.1. The molecule has 66 heavy (non-hydrogen) atoms. The van der Waals surface area contributed by atoms with E-state index < -0.39 is 6.10 Å². The van der Waals surface area contributed by atoms with Crippen molar-refractivity contribution in [3.05, 3.63) is 73.5 Å². The first-order valence-corrected chi connectivity index (χ1v) is 27.2. The van der Waals surface area contributed by atoms with Crippen molar-refractivity contribution in [1.82, 2.24) is 0 Å². The summed E-state index contributed by atoms with van der Waals surface area (Å²) in [6.45, 7) is 18.8. The normalized spacial score (nSPS) is 13.7. The van der Waals surface area contributed by atoms with E-state index >= 15 is 0 Å². The minimum atomic E-state index is -0.644. The van der Waals surface area contributed by atoms with Crippen molar-refractivity contribution >= 4 is 0 Å². The van der Waals surface area contributed by atoms with Crippen LogP contribution < -0.4 is 0 Å². The van der Waals surface area contributed by atoms with Gasteiger partial charge in [-0.25, -0.2) is 0 Å². The number of aliphatic hydroxyl groups is 3. The fraction of sp³-hybridized carbons (Fsp3) is 0.789. The number of rotatable bonds is 53. The number of hydrogen-bond acceptors (Lipinski definition) is 9. The lowest BCUT2D eigenvalue weighted by Crippen LogP contribution is -2.26. The van der Waals surface area contributed by atoms with Crippen LogP contribution in [0.4, 0.5) is 0 Å². The third kappa shape index (κ3) is 48.1. The molecular formula is C57H104O9. The molecule has 0 rings (SSSR count). The molecule has 0 saturated heterocycles. The average Bonchev–Trinajstić information content (AvgIpc) is 3.30. The third-order valence-corrected chi connectivity index (χ3v) is 11.8. The third-order valence-electron chi connectivity index (χ3n) is 11.8. The molecule has 0 fully saturated rings. The highest BCUT2D eigenvalue weighted by Crippen LogP contribution is 2.17. The highest BCUT2D eigenvalue weighted by molar-refractivity contribution is 4.87. The monoisotopic (exact) mass is 933 g/mol. The highest BCUT2D eigenvalue weighted by Gasteiger charge is 2.16. The van der Waals surface area contributed by atoms with Gasteiger partial charge in [-0.05, 0) is 96.3 Å². The SMILES string of the molecule is C=C(CCCCCCC=CCC(O)CCCCCC)OOCC(COOC(=C)CCCCCCC=CCC(O)CCCCCC)OOC(=C)CCCCCCC=CCC(O)CCCCCC. The summed E-state index contributed by atoms with van der Waals surface area (Å²) in [6, 6.07) is 0. The van der Waals surface area contributed by atoms with Crippen LogP contribution in [0.3, 0.4) is 0 Å². The van der Waals surface area contributed by atoms with Gasteiger partial charge in [0.2, 0.25) is 0 Å². The molecule has 0 aliphatic carbocycles. The van der Waals surface area contributed by atoms with Crippen LogP contribution in [0.2, 0.25) is 0 Å². The number of unbranched alkanes of at least 4 members (excludes halogenated alkanes) is 21.